The summed E-state index contributed by atoms with van der Waals surface area (Å²) in [7, 11) is 0. The van der Waals surface area contributed by atoms with Gasteiger partial charge in [0, 0.05) is 18.5 Å². The Balaban J connectivity index is 2.35. The number of nitrogens with zero attached hydrogens (tertiary/aromatic N) is 2. The second-order valence-corrected chi connectivity index (χ2v) is 7.18. The van der Waals surface area contributed by atoms with Gasteiger partial charge < -0.3 is 5.73 Å². The second-order valence-electron chi connectivity index (χ2n) is 6.80. The van der Waals surface area contributed by atoms with E-state index in [9.17, 15) is 0 Å². The van der Waals surface area contributed by atoms with Gasteiger partial charge in [-0.2, -0.15) is 5.10 Å². The highest BCUT2D eigenvalue weighted by Crippen LogP contribution is 2.44. The van der Waals surface area contributed by atoms with Crippen LogP contribution in [0.4, 0.5) is 0 Å². The van der Waals surface area contributed by atoms with Gasteiger partial charge in [0.1, 0.15) is 0 Å². The summed E-state index contributed by atoms with van der Waals surface area (Å²) in [6, 6.07) is 0. The molecule has 0 spiro atoms. The monoisotopic (exact) mass is 297 g/mol. The van der Waals surface area contributed by atoms with Crippen molar-refractivity contribution in [3.8, 4) is 0 Å². The van der Waals surface area contributed by atoms with E-state index in [-0.39, 0.29) is 11.0 Å². The number of rotatable bonds is 4. The fourth-order valence-electron chi connectivity index (χ4n) is 3.41. The van der Waals surface area contributed by atoms with Gasteiger partial charge in [-0.1, -0.05) is 45.2 Å². The molecule has 20 heavy (non-hydrogen) atoms. The van der Waals surface area contributed by atoms with E-state index >= 15 is 0 Å². The van der Waals surface area contributed by atoms with E-state index in [2.05, 4.69) is 32.8 Å². The molecule has 1 aromatic heterocycles. The Morgan fingerprint density at radius 3 is 2.45 bits per heavy atom. The Morgan fingerprint density at radius 2 is 1.90 bits per heavy atom. The van der Waals surface area contributed by atoms with Crippen LogP contribution in [0.15, 0.2) is 0 Å². The molecule has 1 saturated carbocycles. The number of aromatic nitrogens is 2. The van der Waals surface area contributed by atoms with E-state index < -0.39 is 0 Å². The summed E-state index contributed by atoms with van der Waals surface area (Å²) in [5, 5.41) is 5.45. The van der Waals surface area contributed by atoms with Gasteiger partial charge in [0.15, 0.2) is 0 Å². The summed E-state index contributed by atoms with van der Waals surface area (Å²) in [6.07, 6.45) is 6.49. The van der Waals surface area contributed by atoms with Crippen LogP contribution in [0, 0.1) is 5.41 Å². The van der Waals surface area contributed by atoms with E-state index in [1.807, 2.05) is 4.68 Å². The predicted molar refractivity (Wildman–Crippen MR) is 85.2 cm³/mol. The van der Waals surface area contributed by atoms with Crippen molar-refractivity contribution in [3.63, 3.8) is 0 Å². The van der Waals surface area contributed by atoms with Crippen LogP contribution in [0.3, 0.4) is 0 Å². The average molecular weight is 298 g/mol. The van der Waals surface area contributed by atoms with Crippen molar-refractivity contribution in [2.75, 3.05) is 0 Å². The molecule has 1 heterocycles. The smallest absolute Gasteiger partial charge is 0.0850 e. The quantitative estimate of drug-likeness (QED) is 0.914. The number of hydrogen-bond acceptors (Lipinski definition) is 2. The molecular weight excluding hydrogens is 270 g/mol. The molecule has 1 atom stereocenters. The zero-order valence-electron chi connectivity index (χ0n) is 13.3. The third-order valence-corrected chi connectivity index (χ3v) is 5.64. The maximum absolute atomic E-state index is 6.81. The first-order valence-corrected chi connectivity index (χ1v) is 8.25. The lowest BCUT2D eigenvalue weighted by Gasteiger charge is -2.48. The molecule has 2 rings (SSSR count). The van der Waals surface area contributed by atoms with Crippen molar-refractivity contribution < 1.29 is 0 Å². The molecule has 1 aromatic rings. The minimum absolute atomic E-state index is 0.157. The van der Waals surface area contributed by atoms with Crippen molar-refractivity contribution in [1.29, 1.82) is 0 Å². The predicted octanol–water partition coefficient (Wildman–Crippen LogP) is 3.96. The molecule has 4 heteroatoms. The first-order valence-electron chi connectivity index (χ1n) is 7.87. The van der Waals surface area contributed by atoms with Crippen LogP contribution < -0.4 is 5.73 Å². The highest BCUT2D eigenvalue weighted by molar-refractivity contribution is 6.31. The van der Waals surface area contributed by atoms with Crippen molar-refractivity contribution >= 4 is 11.6 Å². The van der Waals surface area contributed by atoms with Crippen molar-refractivity contribution in [2.45, 2.75) is 78.3 Å². The average Bonchev–Trinajstić information content (AvgIpc) is 2.70. The van der Waals surface area contributed by atoms with Crippen LogP contribution in [0.25, 0.3) is 0 Å². The topological polar surface area (TPSA) is 43.8 Å². The molecule has 1 unspecified atom stereocenters. The Labute approximate surface area is 127 Å². The van der Waals surface area contributed by atoms with Gasteiger partial charge in [0.2, 0.25) is 0 Å². The number of aryl methyl sites for hydroxylation is 2. The van der Waals surface area contributed by atoms with Crippen LogP contribution in [0.5, 0.6) is 0 Å². The molecule has 1 fully saturated rings. The molecule has 3 nitrogen and oxygen atoms in total. The zero-order chi connectivity index (χ0) is 15.0. The molecule has 0 aliphatic heterocycles. The molecule has 0 bridgehead atoms. The highest BCUT2D eigenvalue weighted by Gasteiger charge is 2.44. The van der Waals surface area contributed by atoms with Crippen molar-refractivity contribution in [2.24, 2.45) is 11.1 Å². The van der Waals surface area contributed by atoms with Crippen LogP contribution in [0.1, 0.15) is 64.8 Å². The molecule has 1 aliphatic carbocycles. The largest absolute Gasteiger partial charge is 0.324 e. The summed E-state index contributed by atoms with van der Waals surface area (Å²) < 4.78 is 2.04. The Kier molecular flexibility index (Phi) is 4.50. The number of hydrogen-bond donors (Lipinski definition) is 1. The third kappa shape index (κ3) is 2.62. The van der Waals surface area contributed by atoms with Gasteiger partial charge in [-0.25, -0.2) is 0 Å². The first kappa shape index (κ1) is 15.8. The van der Waals surface area contributed by atoms with E-state index in [0.717, 1.165) is 42.2 Å². The molecule has 0 aromatic carbocycles. The lowest BCUT2D eigenvalue weighted by Crippen LogP contribution is -2.56. The summed E-state index contributed by atoms with van der Waals surface area (Å²) >= 11 is 6.54. The van der Waals surface area contributed by atoms with Gasteiger partial charge in [0.05, 0.1) is 16.4 Å². The van der Waals surface area contributed by atoms with E-state index in [0.29, 0.717) is 0 Å². The van der Waals surface area contributed by atoms with Gasteiger partial charge in [0.25, 0.3) is 0 Å². The minimum Gasteiger partial charge on any atom is -0.324 e. The lowest BCUT2D eigenvalue weighted by molar-refractivity contribution is 0.0970. The summed E-state index contributed by atoms with van der Waals surface area (Å²) in [5.74, 6) is 0. The number of halogens is 1. The normalized spacial score (nSPS) is 25.9. The van der Waals surface area contributed by atoms with Crippen molar-refractivity contribution in [3.05, 3.63) is 16.4 Å². The number of nitrogens with two attached hydrogens (primary N) is 1. The molecule has 0 amide bonds. The van der Waals surface area contributed by atoms with Gasteiger partial charge in [-0.05, 0) is 31.6 Å². The molecule has 1 aliphatic rings. The fourth-order valence-corrected chi connectivity index (χ4v) is 3.74. The lowest BCUT2D eigenvalue weighted by atomic mass is 9.62. The highest BCUT2D eigenvalue weighted by atomic mass is 35.5. The third-order valence-electron chi connectivity index (χ3n) is 5.20. The Bertz CT molecular complexity index is 478. The van der Waals surface area contributed by atoms with Crippen LogP contribution in [0.2, 0.25) is 5.02 Å². The van der Waals surface area contributed by atoms with Crippen LogP contribution >= 0.6 is 11.6 Å². The summed E-state index contributed by atoms with van der Waals surface area (Å²) in [6.45, 7) is 9.66. The summed E-state index contributed by atoms with van der Waals surface area (Å²) in [5.41, 5.74) is 8.92. The Morgan fingerprint density at radius 1 is 1.25 bits per heavy atom. The first-order chi connectivity index (χ1) is 9.34. The van der Waals surface area contributed by atoms with Crippen LogP contribution in [-0.4, -0.2) is 15.3 Å². The molecule has 114 valence electrons. The minimum atomic E-state index is -0.174. The van der Waals surface area contributed by atoms with Gasteiger partial charge >= 0.3 is 0 Å². The standard InChI is InChI=1S/C16H28ClN3/c1-5-12-14(17)13(20(6-2)19-12)11-16(18)10-8-7-9-15(16,3)4/h5-11,18H2,1-4H3. The van der Waals surface area contributed by atoms with Crippen molar-refractivity contribution in [1.82, 2.24) is 9.78 Å². The zero-order valence-corrected chi connectivity index (χ0v) is 14.1. The summed E-state index contributed by atoms with van der Waals surface area (Å²) in [4.78, 5) is 0. The van der Waals surface area contributed by atoms with Gasteiger partial charge in [-0.15, -0.1) is 0 Å². The molecule has 0 radical (unpaired) electrons. The second kappa shape index (κ2) is 5.69. The van der Waals surface area contributed by atoms with E-state index in [4.69, 9.17) is 17.3 Å². The molecule has 2 N–H and O–H groups in total. The molecule has 0 saturated heterocycles. The maximum atomic E-state index is 6.81. The fraction of sp³-hybridized carbons (Fsp3) is 0.812. The van der Waals surface area contributed by atoms with E-state index in [1.165, 1.54) is 19.3 Å². The molecular formula is C16H28ClN3. The van der Waals surface area contributed by atoms with Crippen LogP contribution in [-0.2, 0) is 19.4 Å². The maximum Gasteiger partial charge on any atom is 0.0850 e. The van der Waals surface area contributed by atoms with E-state index in [1.54, 1.807) is 0 Å². The Hall–Kier alpha value is -0.540. The van der Waals surface area contributed by atoms with Gasteiger partial charge in [-0.3, -0.25) is 4.68 Å². The SMILES string of the molecule is CCc1nn(CC)c(CC2(N)CCCCC2(C)C)c1Cl.